The van der Waals surface area contributed by atoms with Crippen molar-refractivity contribution < 1.29 is 9.52 Å². The lowest BCUT2D eigenvalue weighted by atomic mass is 10.1. The van der Waals surface area contributed by atoms with Crippen molar-refractivity contribution in [3.05, 3.63) is 41.8 Å². The smallest absolute Gasteiger partial charge is 0.226 e. The molecule has 0 amide bonds. The summed E-state index contributed by atoms with van der Waals surface area (Å²) in [5, 5.41) is 8.84. The summed E-state index contributed by atoms with van der Waals surface area (Å²) in [4.78, 5) is 4.14. The van der Waals surface area contributed by atoms with Crippen molar-refractivity contribution in [2.45, 2.75) is 13.5 Å². The van der Waals surface area contributed by atoms with E-state index in [1.165, 1.54) is 6.26 Å². The number of rotatable bonds is 2. The third-order valence-corrected chi connectivity index (χ3v) is 2.09. The van der Waals surface area contributed by atoms with Crippen molar-refractivity contribution in [3.63, 3.8) is 0 Å². The molecule has 0 radical (unpaired) electrons. The normalized spacial score (nSPS) is 10.4. The molecule has 0 atom stereocenters. The number of hydrogen-bond acceptors (Lipinski definition) is 3. The van der Waals surface area contributed by atoms with Gasteiger partial charge in [-0.2, -0.15) is 0 Å². The Morgan fingerprint density at radius 2 is 2.14 bits per heavy atom. The van der Waals surface area contributed by atoms with E-state index in [1.54, 1.807) is 0 Å². The van der Waals surface area contributed by atoms with Gasteiger partial charge < -0.3 is 9.52 Å². The molecular formula is C11H11NO2. The quantitative estimate of drug-likeness (QED) is 0.787. The van der Waals surface area contributed by atoms with Crippen molar-refractivity contribution >= 4 is 0 Å². The Hall–Kier alpha value is -1.61. The molecule has 1 aromatic heterocycles. The molecule has 2 aromatic rings. The summed E-state index contributed by atoms with van der Waals surface area (Å²) in [6, 6.07) is 7.85. The minimum atomic E-state index is -0.0879. The minimum absolute atomic E-state index is 0.0879. The second-order valence-corrected chi connectivity index (χ2v) is 3.12. The number of aliphatic hydroxyl groups excluding tert-OH is 1. The molecule has 0 aliphatic rings. The summed E-state index contributed by atoms with van der Waals surface area (Å²) in [5.41, 5.74) is 2.63. The Morgan fingerprint density at radius 3 is 2.79 bits per heavy atom. The number of aliphatic hydroxyl groups is 1. The van der Waals surface area contributed by atoms with Gasteiger partial charge in [0.25, 0.3) is 0 Å². The molecule has 0 aliphatic heterocycles. The summed E-state index contributed by atoms with van der Waals surface area (Å²) in [6.07, 6.45) is 1.47. The lowest BCUT2D eigenvalue weighted by molar-refractivity contribution is 0.276. The average molecular weight is 189 g/mol. The maximum Gasteiger partial charge on any atom is 0.226 e. The van der Waals surface area contributed by atoms with Gasteiger partial charge in [-0.15, -0.1) is 0 Å². The molecule has 0 aliphatic carbocycles. The SMILES string of the molecule is Cc1ccccc1-c1nc(CO)co1. The van der Waals surface area contributed by atoms with E-state index in [0.717, 1.165) is 11.1 Å². The first-order chi connectivity index (χ1) is 6.81. The molecular weight excluding hydrogens is 178 g/mol. The van der Waals surface area contributed by atoms with Crippen LogP contribution in [-0.2, 0) is 6.61 Å². The van der Waals surface area contributed by atoms with Gasteiger partial charge >= 0.3 is 0 Å². The third kappa shape index (κ3) is 1.54. The highest BCUT2D eigenvalue weighted by Crippen LogP contribution is 2.21. The summed E-state index contributed by atoms with van der Waals surface area (Å²) in [5.74, 6) is 0.562. The van der Waals surface area contributed by atoms with Gasteiger partial charge in [0.05, 0.1) is 6.61 Å². The van der Waals surface area contributed by atoms with Crippen molar-refractivity contribution in [3.8, 4) is 11.5 Å². The van der Waals surface area contributed by atoms with Crippen molar-refractivity contribution in [1.29, 1.82) is 0 Å². The monoisotopic (exact) mass is 189 g/mol. The molecule has 2 rings (SSSR count). The number of benzene rings is 1. The van der Waals surface area contributed by atoms with Crippen LogP contribution in [0.5, 0.6) is 0 Å². The second-order valence-electron chi connectivity index (χ2n) is 3.12. The zero-order valence-corrected chi connectivity index (χ0v) is 7.90. The maximum atomic E-state index is 8.84. The Morgan fingerprint density at radius 1 is 1.36 bits per heavy atom. The van der Waals surface area contributed by atoms with Crippen molar-refractivity contribution in [2.24, 2.45) is 0 Å². The van der Waals surface area contributed by atoms with Crippen LogP contribution in [0.2, 0.25) is 0 Å². The zero-order valence-electron chi connectivity index (χ0n) is 7.90. The third-order valence-electron chi connectivity index (χ3n) is 2.09. The van der Waals surface area contributed by atoms with Crippen LogP contribution in [0.3, 0.4) is 0 Å². The number of nitrogens with zero attached hydrogens (tertiary/aromatic N) is 1. The number of oxazole rings is 1. The largest absolute Gasteiger partial charge is 0.444 e. The summed E-state index contributed by atoms with van der Waals surface area (Å²) < 4.78 is 5.25. The Labute approximate surface area is 82.0 Å². The molecule has 0 saturated heterocycles. The standard InChI is InChI=1S/C11H11NO2/c1-8-4-2-3-5-10(8)11-12-9(6-13)7-14-11/h2-5,7,13H,6H2,1H3. The second kappa shape index (κ2) is 3.64. The van der Waals surface area contributed by atoms with E-state index in [4.69, 9.17) is 9.52 Å². The molecule has 0 bridgehead atoms. The van der Waals surface area contributed by atoms with Gasteiger partial charge in [0, 0.05) is 5.56 Å². The predicted octanol–water partition coefficient (Wildman–Crippen LogP) is 2.14. The fourth-order valence-corrected chi connectivity index (χ4v) is 1.32. The number of aromatic nitrogens is 1. The lowest BCUT2D eigenvalue weighted by Crippen LogP contribution is -1.85. The van der Waals surface area contributed by atoms with E-state index in [0.29, 0.717) is 11.6 Å². The van der Waals surface area contributed by atoms with E-state index in [9.17, 15) is 0 Å². The molecule has 14 heavy (non-hydrogen) atoms. The highest BCUT2D eigenvalue weighted by Gasteiger charge is 2.07. The number of aryl methyl sites for hydroxylation is 1. The Bertz CT molecular complexity index is 434. The van der Waals surface area contributed by atoms with Gasteiger partial charge in [-0.25, -0.2) is 4.98 Å². The molecule has 0 unspecified atom stereocenters. The van der Waals surface area contributed by atoms with E-state index in [2.05, 4.69) is 4.98 Å². The molecule has 0 fully saturated rings. The first-order valence-corrected chi connectivity index (χ1v) is 4.42. The van der Waals surface area contributed by atoms with Gasteiger partial charge in [0.1, 0.15) is 12.0 Å². The summed E-state index contributed by atoms with van der Waals surface area (Å²) in [7, 11) is 0. The molecule has 3 nitrogen and oxygen atoms in total. The van der Waals surface area contributed by atoms with E-state index >= 15 is 0 Å². The summed E-state index contributed by atoms with van der Waals surface area (Å²) in [6.45, 7) is 1.91. The molecule has 72 valence electrons. The average Bonchev–Trinajstić information content (AvgIpc) is 2.67. The maximum absolute atomic E-state index is 8.84. The van der Waals surface area contributed by atoms with Gasteiger partial charge in [-0.3, -0.25) is 0 Å². The fraction of sp³-hybridized carbons (Fsp3) is 0.182. The van der Waals surface area contributed by atoms with Crippen LogP contribution in [-0.4, -0.2) is 10.1 Å². The molecule has 1 N–H and O–H groups in total. The Kier molecular flexibility index (Phi) is 2.33. The van der Waals surface area contributed by atoms with E-state index < -0.39 is 0 Å². The first kappa shape index (κ1) is 8.97. The van der Waals surface area contributed by atoms with Gasteiger partial charge in [0.2, 0.25) is 5.89 Å². The minimum Gasteiger partial charge on any atom is -0.444 e. The predicted molar refractivity (Wildman–Crippen MR) is 52.6 cm³/mol. The van der Waals surface area contributed by atoms with Crippen LogP contribution in [0.15, 0.2) is 34.9 Å². The van der Waals surface area contributed by atoms with Crippen molar-refractivity contribution in [1.82, 2.24) is 4.98 Å². The highest BCUT2D eigenvalue weighted by atomic mass is 16.3. The van der Waals surface area contributed by atoms with Gasteiger partial charge in [-0.05, 0) is 18.6 Å². The summed E-state index contributed by atoms with van der Waals surface area (Å²) >= 11 is 0. The Balaban J connectivity index is 2.44. The zero-order chi connectivity index (χ0) is 9.97. The van der Waals surface area contributed by atoms with E-state index in [1.807, 2.05) is 31.2 Å². The van der Waals surface area contributed by atoms with Crippen LogP contribution >= 0.6 is 0 Å². The fourth-order valence-electron chi connectivity index (χ4n) is 1.32. The first-order valence-electron chi connectivity index (χ1n) is 4.42. The molecule has 0 spiro atoms. The number of hydrogen-bond donors (Lipinski definition) is 1. The molecule has 0 saturated carbocycles. The van der Waals surface area contributed by atoms with Crippen LogP contribution in [0.4, 0.5) is 0 Å². The van der Waals surface area contributed by atoms with E-state index in [-0.39, 0.29) is 6.61 Å². The van der Waals surface area contributed by atoms with Gasteiger partial charge in [-0.1, -0.05) is 18.2 Å². The van der Waals surface area contributed by atoms with Crippen LogP contribution < -0.4 is 0 Å². The van der Waals surface area contributed by atoms with Crippen LogP contribution in [0.25, 0.3) is 11.5 Å². The van der Waals surface area contributed by atoms with Crippen LogP contribution in [0.1, 0.15) is 11.3 Å². The van der Waals surface area contributed by atoms with Crippen LogP contribution in [0, 0.1) is 6.92 Å². The highest BCUT2D eigenvalue weighted by molar-refractivity contribution is 5.58. The lowest BCUT2D eigenvalue weighted by Gasteiger charge is -1.98. The molecule has 1 aromatic carbocycles. The molecule has 1 heterocycles. The van der Waals surface area contributed by atoms with Gasteiger partial charge in [0.15, 0.2) is 0 Å². The topological polar surface area (TPSA) is 46.3 Å². The molecule has 3 heteroatoms. The van der Waals surface area contributed by atoms with Crippen molar-refractivity contribution in [2.75, 3.05) is 0 Å².